The molecular weight excluding hydrogens is 338 g/mol. The number of anilines is 1. The van der Waals surface area contributed by atoms with Crippen LogP contribution in [0.2, 0.25) is 0 Å². The van der Waals surface area contributed by atoms with Crippen LogP contribution in [0.4, 0.5) is 5.69 Å². The van der Waals surface area contributed by atoms with E-state index in [2.05, 4.69) is 10.6 Å². The number of ether oxygens (including phenoxy) is 3. The van der Waals surface area contributed by atoms with Gasteiger partial charge in [0.2, 0.25) is 5.91 Å². The zero-order valence-electron chi connectivity index (χ0n) is 15.0. The first-order valence-corrected chi connectivity index (χ1v) is 8.83. The predicted octanol–water partition coefficient (Wildman–Crippen LogP) is 0.485. The van der Waals surface area contributed by atoms with Gasteiger partial charge in [-0.05, 0) is 18.2 Å². The fourth-order valence-electron chi connectivity index (χ4n) is 3.06. The Balaban J connectivity index is 1.68. The van der Waals surface area contributed by atoms with Gasteiger partial charge in [-0.3, -0.25) is 9.59 Å². The van der Waals surface area contributed by atoms with Gasteiger partial charge in [-0.2, -0.15) is 0 Å². The molecule has 1 aromatic carbocycles. The van der Waals surface area contributed by atoms with Crippen molar-refractivity contribution in [2.75, 3.05) is 58.5 Å². The highest BCUT2D eigenvalue weighted by molar-refractivity contribution is 5.98. The maximum absolute atomic E-state index is 12.6. The van der Waals surface area contributed by atoms with Crippen molar-refractivity contribution in [2.45, 2.75) is 12.5 Å². The first kappa shape index (κ1) is 18.6. The van der Waals surface area contributed by atoms with Crippen molar-refractivity contribution in [1.29, 1.82) is 0 Å². The molecule has 2 heterocycles. The highest BCUT2D eigenvalue weighted by Crippen LogP contribution is 2.26. The number of nitrogens with one attached hydrogen (secondary N) is 2. The van der Waals surface area contributed by atoms with E-state index in [-0.39, 0.29) is 17.9 Å². The van der Waals surface area contributed by atoms with Gasteiger partial charge in [0.1, 0.15) is 5.75 Å². The number of amides is 2. The lowest BCUT2D eigenvalue weighted by Crippen LogP contribution is -2.43. The van der Waals surface area contributed by atoms with E-state index in [1.807, 2.05) is 0 Å². The highest BCUT2D eigenvalue weighted by atomic mass is 16.5. The van der Waals surface area contributed by atoms with Crippen LogP contribution < -0.4 is 15.4 Å². The summed E-state index contributed by atoms with van der Waals surface area (Å²) >= 11 is 0. The summed E-state index contributed by atoms with van der Waals surface area (Å²) < 4.78 is 16.0. The number of morpholine rings is 2. The van der Waals surface area contributed by atoms with Gasteiger partial charge in [0.15, 0.2) is 0 Å². The minimum absolute atomic E-state index is 0.00657. The lowest BCUT2D eigenvalue weighted by molar-refractivity contribution is -0.117. The summed E-state index contributed by atoms with van der Waals surface area (Å²) in [5.41, 5.74) is 1.01. The number of carbonyl (C=O) groups is 2. The van der Waals surface area contributed by atoms with E-state index in [4.69, 9.17) is 14.2 Å². The minimum atomic E-state index is -0.151. The van der Waals surface area contributed by atoms with E-state index in [1.54, 1.807) is 23.1 Å². The van der Waals surface area contributed by atoms with E-state index >= 15 is 0 Å². The summed E-state index contributed by atoms with van der Waals surface area (Å²) in [5.74, 6) is 0.292. The molecule has 0 spiro atoms. The summed E-state index contributed by atoms with van der Waals surface area (Å²) in [7, 11) is 1.53. The van der Waals surface area contributed by atoms with Crippen LogP contribution in [0, 0.1) is 0 Å². The Kier molecular flexibility index (Phi) is 6.43. The molecule has 2 amide bonds. The summed E-state index contributed by atoms with van der Waals surface area (Å²) in [6.07, 6.45) is 0.296. The van der Waals surface area contributed by atoms with Crippen molar-refractivity contribution in [3.8, 4) is 5.75 Å². The van der Waals surface area contributed by atoms with E-state index < -0.39 is 0 Å². The Morgan fingerprint density at radius 2 is 2.08 bits per heavy atom. The second kappa shape index (κ2) is 8.98. The topological polar surface area (TPSA) is 89.1 Å². The maximum atomic E-state index is 12.6. The molecule has 26 heavy (non-hydrogen) atoms. The van der Waals surface area contributed by atoms with Crippen LogP contribution in [-0.2, 0) is 14.3 Å². The quantitative estimate of drug-likeness (QED) is 0.791. The standard InChI is InChI=1S/C18H25N3O5/c1-24-16-3-2-13(18(23)21-5-8-25-9-6-21)10-15(16)20-17(22)11-14-12-26-7-4-19-14/h2-3,10,14,19H,4-9,11-12H2,1H3,(H,20,22). The molecule has 0 bridgehead atoms. The first-order chi connectivity index (χ1) is 12.7. The normalized spacial score (nSPS) is 20.5. The van der Waals surface area contributed by atoms with E-state index in [9.17, 15) is 9.59 Å². The lowest BCUT2D eigenvalue weighted by Gasteiger charge is -2.27. The molecule has 8 heteroatoms. The fraction of sp³-hybridized carbons (Fsp3) is 0.556. The molecule has 1 unspecified atom stereocenters. The van der Waals surface area contributed by atoms with Gasteiger partial charge in [0.25, 0.3) is 5.91 Å². The molecule has 8 nitrogen and oxygen atoms in total. The molecule has 2 saturated heterocycles. The van der Waals surface area contributed by atoms with E-state index in [0.29, 0.717) is 62.9 Å². The summed E-state index contributed by atoms with van der Waals surface area (Å²) in [6.45, 7) is 4.15. The highest BCUT2D eigenvalue weighted by Gasteiger charge is 2.21. The number of hydrogen-bond donors (Lipinski definition) is 2. The second-order valence-electron chi connectivity index (χ2n) is 6.30. The van der Waals surface area contributed by atoms with Gasteiger partial charge in [-0.1, -0.05) is 0 Å². The molecule has 2 fully saturated rings. The average molecular weight is 363 g/mol. The number of nitrogens with zero attached hydrogens (tertiary/aromatic N) is 1. The molecule has 2 N–H and O–H groups in total. The van der Waals surface area contributed by atoms with Crippen LogP contribution in [0.3, 0.4) is 0 Å². The SMILES string of the molecule is COc1ccc(C(=O)N2CCOCC2)cc1NC(=O)CC1COCCN1. The van der Waals surface area contributed by atoms with Gasteiger partial charge in [-0.25, -0.2) is 0 Å². The Hall–Kier alpha value is -2.16. The van der Waals surface area contributed by atoms with Crippen LogP contribution in [0.25, 0.3) is 0 Å². The average Bonchev–Trinajstić information content (AvgIpc) is 2.68. The lowest BCUT2D eigenvalue weighted by atomic mass is 10.1. The van der Waals surface area contributed by atoms with Gasteiger partial charge < -0.3 is 29.7 Å². The van der Waals surface area contributed by atoms with Crippen molar-refractivity contribution in [1.82, 2.24) is 10.2 Å². The summed E-state index contributed by atoms with van der Waals surface area (Å²) in [5, 5.41) is 6.10. The Labute approximate surface area is 152 Å². The predicted molar refractivity (Wildman–Crippen MR) is 95.6 cm³/mol. The summed E-state index contributed by atoms with van der Waals surface area (Å²) in [4.78, 5) is 26.8. The number of carbonyl (C=O) groups excluding carboxylic acids is 2. The van der Waals surface area contributed by atoms with Crippen LogP contribution in [0.5, 0.6) is 5.75 Å². The Morgan fingerprint density at radius 3 is 2.77 bits per heavy atom. The van der Waals surface area contributed by atoms with Gasteiger partial charge >= 0.3 is 0 Å². The minimum Gasteiger partial charge on any atom is -0.495 e. The number of hydrogen-bond acceptors (Lipinski definition) is 6. The third-order valence-electron chi connectivity index (χ3n) is 4.45. The number of rotatable bonds is 5. The Bertz CT molecular complexity index is 640. The van der Waals surface area contributed by atoms with Crippen LogP contribution in [-0.4, -0.2) is 75.9 Å². The third kappa shape index (κ3) is 4.72. The molecule has 0 aromatic heterocycles. The molecule has 1 aromatic rings. The molecule has 2 aliphatic heterocycles. The molecule has 0 saturated carbocycles. The van der Waals surface area contributed by atoms with Crippen molar-refractivity contribution in [3.05, 3.63) is 23.8 Å². The zero-order valence-corrected chi connectivity index (χ0v) is 15.0. The van der Waals surface area contributed by atoms with Crippen molar-refractivity contribution < 1.29 is 23.8 Å². The maximum Gasteiger partial charge on any atom is 0.254 e. The molecule has 0 aliphatic carbocycles. The van der Waals surface area contributed by atoms with E-state index in [0.717, 1.165) is 6.54 Å². The van der Waals surface area contributed by atoms with Crippen molar-refractivity contribution in [3.63, 3.8) is 0 Å². The van der Waals surface area contributed by atoms with E-state index in [1.165, 1.54) is 7.11 Å². The monoisotopic (exact) mass is 363 g/mol. The van der Waals surface area contributed by atoms with Crippen molar-refractivity contribution in [2.24, 2.45) is 0 Å². The van der Waals surface area contributed by atoms with Crippen molar-refractivity contribution >= 4 is 17.5 Å². The van der Waals surface area contributed by atoms with Crippen LogP contribution in [0.15, 0.2) is 18.2 Å². The molecule has 1 atom stereocenters. The first-order valence-electron chi connectivity index (χ1n) is 8.83. The fourth-order valence-corrected chi connectivity index (χ4v) is 3.06. The molecule has 2 aliphatic rings. The Morgan fingerprint density at radius 1 is 1.27 bits per heavy atom. The molecule has 3 rings (SSSR count). The number of methoxy groups -OCH3 is 1. The second-order valence-corrected chi connectivity index (χ2v) is 6.30. The molecule has 142 valence electrons. The molecule has 0 radical (unpaired) electrons. The van der Waals surface area contributed by atoms with Crippen LogP contribution >= 0.6 is 0 Å². The summed E-state index contributed by atoms with van der Waals surface area (Å²) in [6, 6.07) is 5.07. The largest absolute Gasteiger partial charge is 0.495 e. The van der Waals surface area contributed by atoms with Gasteiger partial charge in [-0.15, -0.1) is 0 Å². The third-order valence-corrected chi connectivity index (χ3v) is 4.45. The number of benzene rings is 1. The van der Waals surface area contributed by atoms with Crippen LogP contribution in [0.1, 0.15) is 16.8 Å². The molecular formula is C18H25N3O5. The zero-order chi connectivity index (χ0) is 18.4. The van der Waals surface area contributed by atoms with Gasteiger partial charge in [0, 0.05) is 37.7 Å². The smallest absolute Gasteiger partial charge is 0.254 e. The van der Waals surface area contributed by atoms with Gasteiger partial charge in [0.05, 0.1) is 39.2 Å².